The van der Waals surface area contributed by atoms with E-state index in [9.17, 15) is 14.4 Å². The molecule has 2 unspecified atom stereocenters. The second-order valence-electron chi connectivity index (χ2n) is 8.59. The molecule has 152 valence electrons. The number of Topliss-reactive ketones (excluding diaryl/α,β-unsaturated/α-hetero) is 1. The SMILES string of the molecule is CN(C(=O)c1cc2c([nH]c1=O)CCCC2=O)C1CC(Oc2ccccc2)C1(C)C. The van der Waals surface area contributed by atoms with Gasteiger partial charge in [-0.3, -0.25) is 14.4 Å². The monoisotopic (exact) mass is 394 g/mol. The number of H-pyrrole nitrogens is 1. The molecule has 1 amide bonds. The number of pyridine rings is 1. The molecule has 1 fully saturated rings. The largest absolute Gasteiger partial charge is 0.490 e. The molecule has 2 aliphatic rings. The number of nitrogens with zero attached hydrogens (tertiary/aromatic N) is 1. The van der Waals surface area contributed by atoms with Crippen molar-refractivity contribution in [2.24, 2.45) is 5.41 Å². The summed E-state index contributed by atoms with van der Waals surface area (Å²) in [6, 6.07) is 11.1. The van der Waals surface area contributed by atoms with Crippen LogP contribution in [0.4, 0.5) is 0 Å². The fourth-order valence-corrected chi connectivity index (χ4v) is 4.45. The Kier molecular flexibility index (Phi) is 4.81. The summed E-state index contributed by atoms with van der Waals surface area (Å²) in [5, 5.41) is 0. The average molecular weight is 394 g/mol. The molecule has 0 aliphatic heterocycles. The van der Waals surface area contributed by atoms with Gasteiger partial charge in [-0.15, -0.1) is 0 Å². The molecule has 1 aromatic heterocycles. The van der Waals surface area contributed by atoms with Crippen molar-refractivity contribution in [1.82, 2.24) is 9.88 Å². The number of aryl methyl sites for hydroxylation is 1. The van der Waals surface area contributed by atoms with Crippen molar-refractivity contribution in [3.8, 4) is 5.75 Å². The number of aromatic amines is 1. The van der Waals surface area contributed by atoms with E-state index in [2.05, 4.69) is 18.8 Å². The highest BCUT2D eigenvalue weighted by atomic mass is 16.5. The Morgan fingerprint density at radius 3 is 2.59 bits per heavy atom. The second kappa shape index (κ2) is 7.17. The Bertz CT molecular complexity index is 1010. The number of hydrogen-bond acceptors (Lipinski definition) is 4. The topological polar surface area (TPSA) is 79.5 Å². The average Bonchev–Trinajstić information content (AvgIpc) is 2.70. The summed E-state index contributed by atoms with van der Waals surface area (Å²) in [6.07, 6.45) is 2.51. The Morgan fingerprint density at radius 2 is 1.90 bits per heavy atom. The van der Waals surface area contributed by atoms with Crippen LogP contribution < -0.4 is 10.3 Å². The predicted octanol–water partition coefficient (Wildman–Crippen LogP) is 3.21. The highest BCUT2D eigenvalue weighted by molar-refractivity contribution is 6.01. The van der Waals surface area contributed by atoms with E-state index in [-0.39, 0.29) is 34.8 Å². The van der Waals surface area contributed by atoms with Gasteiger partial charge in [-0.25, -0.2) is 0 Å². The number of para-hydroxylation sites is 1. The quantitative estimate of drug-likeness (QED) is 0.864. The summed E-state index contributed by atoms with van der Waals surface area (Å²) >= 11 is 0. The molecular formula is C23H26N2O4. The maximum Gasteiger partial charge on any atom is 0.261 e. The molecule has 29 heavy (non-hydrogen) atoms. The number of carbonyl (C=O) groups is 2. The molecule has 0 saturated heterocycles. The lowest BCUT2D eigenvalue weighted by Crippen LogP contribution is -2.63. The van der Waals surface area contributed by atoms with Crippen molar-refractivity contribution in [2.45, 2.75) is 51.7 Å². The first kappa shape index (κ1) is 19.4. The van der Waals surface area contributed by atoms with E-state index in [0.717, 1.165) is 12.2 Å². The third-order valence-electron chi connectivity index (χ3n) is 6.42. The van der Waals surface area contributed by atoms with E-state index in [1.807, 2.05) is 30.3 Å². The molecule has 1 N–H and O–H groups in total. The zero-order chi connectivity index (χ0) is 20.8. The van der Waals surface area contributed by atoms with Gasteiger partial charge in [0.15, 0.2) is 5.78 Å². The van der Waals surface area contributed by atoms with Crippen molar-refractivity contribution in [3.63, 3.8) is 0 Å². The highest BCUT2D eigenvalue weighted by Crippen LogP contribution is 2.45. The number of rotatable bonds is 4. The van der Waals surface area contributed by atoms with Crippen molar-refractivity contribution in [3.05, 3.63) is 63.6 Å². The molecule has 4 rings (SSSR count). The number of ether oxygens (including phenoxy) is 1. The molecule has 2 aromatic rings. The third kappa shape index (κ3) is 3.37. The number of fused-ring (bicyclic) bond motifs is 1. The first-order valence-electron chi connectivity index (χ1n) is 10.1. The molecule has 1 saturated carbocycles. The first-order chi connectivity index (χ1) is 13.8. The van der Waals surface area contributed by atoms with Crippen LogP contribution in [0.1, 0.15) is 59.5 Å². The first-order valence-corrected chi connectivity index (χ1v) is 10.1. The zero-order valence-corrected chi connectivity index (χ0v) is 17.0. The van der Waals surface area contributed by atoms with Gasteiger partial charge in [0.2, 0.25) is 0 Å². The van der Waals surface area contributed by atoms with Crippen LogP contribution in [0.3, 0.4) is 0 Å². The van der Waals surface area contributed by atoms with Crippen molar-refractivity contribution in [2.75, 3.05) is 7.05 Å². The van der Waals surface area contributed by atoms with Gasteiger partial charge in [0.25, 0.3) is 11.5 Å². The second-order valence-corrected chi connectivity index (χ2v) is 8.59. The standard InChI is InChI=1S/C23H26N2O4/c1-23(2)19(13-20(23)29-14-8-5-4-6-9-14)25(3)22(28)16-12-15-17(24-21(16)27)10-7-11-18(15)26/h4-6,8-9,12,19-20H,7,10-11,13H2,1-3H3,(H,24,27). The van der Waals surface area contributed by atoms with Gasteiger partial charge in [-0.2, -0.15) is 0 Å². The summed E-state index contributed by atoms with van der Waals surface area (Å²) in [5.74, 6) is 0.436. The van der Waals surface area contributed by atoms with Crippen molar-refractivity contribution < 1.29 is 14.3 Å². The number of ketones is 1. The van der Waals surface area contributed by atoms with Crippen LogP contribution in [0.5, 0.6) is 5.75 Å². The fraction of sp³-hybridized carbons (Fsp3) is 0.435. The molecule has 6 nitrogen and oxygen atoms in total. The van der Waals surface area contributed by atoms with Crippen LogP contribution in [0.25, 0.3) is 0 Å². The van der Waals surface area contributed by atoms with E-state index in [1.54, 1.807) is 11.9 Å². The van der Waals surface area contributed by atoms with Crippen LogP contribution in [0, 0.1) is 5.41 Å². The van der Waals surface area contributed by atoms with E-state index in [0.29, 0.717) is 30.5 Å². The summed E-state index contributed by atoms with van der Waals surface area (Å²) in [5.41, 5.74) is 0.461. The van der Waals surface area contributed by atoms with Crippen molar-refractivity contribution >= 4 is 11.7 Å². The number of aromatic nitrogens is 1. The van der Waals surface area contributed by atoms with Gasteiger partial charge in [-0.1, -0.05) is 32.0 Å². The molecule has 6 heteroatoms. The third-order valence-corrected chi connectivity index (χ3v) is 6.42. The van der Waals surface area contributed by atoms with Crippen LogP contribution in [-0.2, 0) is 6.42 Å². The minimum Gasteiger partial charge on any atom is -0.490 e. The van der Waals surface area contributed by atoms with Crippen molar-refractivity contribution in [1.29, 1.82) is 0 Å². The molecule has 2 atom stereocenters. The lowest BCUT2D eigenvalue weighted by atomic mass is 9.63. The highest BCUT2D eigenvalue weighted by Gasteiger charge is 2.53. The van der Waals surface area contributed by atoms with E-state index >= 15 is 0 Å². The van der Waals surface area contributed by atoms with Crippen LogP contribution in [-0.4, -0.2) is 40.8 Å². The molecular weight excluding hydrogens is 368 g/mol. The fourth-order valence-electron chi connectivity index (χ4n) is 4.45. The Morgan fingerprint density at radius 1 is 1.17 bits per heavy atom. The predicted molar refractivity (Wildman–Crippen MR) is 109 cm³/mol. The van der Waals surface area contributed by atoms with E-state index < -0.39 is 5.56 Å². The van der Waals surface area contributed by atoms with E-state index in [1.165, 1.54) is 6.07 Å². The summed E-state index contributed by atoms with van der Waals surface area (Å²) < 4.78 is 6.09. The maximum atomic E-state index is 13.1. The number of carbonyl (C=O) groups excluding carboxylic acids is 2. The Balaban J connectivity index is 1.52. The number of hydrogen-bond donors (Lipinski definition) is 1. The number of amides is 1. The molecule has 1 heterocycles. The molecule has 1 aromatic carbocycles. The molecule has 0 spiro atoms. The Hall–Kier alpha value is -2.89. The summed E-state index contributed by atoms with van der Waals surface area (Å²) in [7, 11) is 1.72. The summed E-state index contributed by atoms with van der Waals surface area (Å²) in [4.78, 5) is 42.2. The normalized spacial score (nSPS) is 22.4. The maximum absolute atomic E-state index is 13.1. The zero-order valence-electron chi connectivity index (χ0n) is 17.0. The van der Waals surface area contributed by atoms with Gasteiger partial charge < -0.3 is 14.6 Å². The van der Waals surface area contributed by atoms with Crippen LogP contribution >= 0.6 is 0 Å². The lowest BCUT2D eigenvalue weighted by molar-refractivity contribution is -0.0887. The van der Waals surface area contributed by atoms with Crippen LogP contribution in [0.15, 0.2) is 41.2 Å². The number of nitrogens with one attached hydrogen (secondary N) is 1. The Labute approximate surface area is 169 Å². The molecule has 0 radical (unpaired) electrons. The number of benzene rings is 1. The van der Waals surface area contributed by atoms with Gasteiger partial charge in [-0.05, 0) is 31.0 Å². The minimum absolute atomic E-state index is 0.0143. The molecule has 2 aliphatic carbocycles. The lowest BCUT2D eigenvalue weighted by Gasteiger charge is -2.54. The van der Waals surface area contributed by atoms with E-state index in [4.69, 9.17) is 4.74 Å². The summed E-state index contributed by atoms with van der Waals surface area (Å²) in [6.45, 7) is 4.14. The minimum atomic E-state index is -0.426. The van der Waals surface area contributed by atoms with Crippen LogP contribution in [0.2, 0.25) is 0 Å². The van der Waals surface area contributed by atoms with Gasteiger partial charge in [0, 0.05) is 42.6 Å². The van der Waals surface area contributed by atoms with Gasteiger partial charge >= 0.3 is 0 Å². The van der Waals surface area contributed by atoms with Gasteiger partial charge in [0.05, 0.1) is 0 Å². The molecule has 0 bridgehead atoms. The smallest absolute Gasteiger partial charge is 0.261 e. The van der Waals surface area contributed by atoms with Gasteiger partial charge in [0.1, 0.15) is 17.4 Å².